The maximum absolute atomic E-state index is 12.0. The Balaban J connectivity index is 1.27. The number of hydrogen-bond donors (Lipinski definition) is 2. The number of aliphatic hydroxyl groups is 1. The number of benzene rings is 4. The number of rotatable bonds is 12. The quantitative estimate of drug-likeness (QED) is 0.134. The van der Waals surface area contributed by atoms with Crippen LogP contribution in [0, 0.1) is 25.2 Å². The molecule has 0 aliphatic carbocycles. The van der Waals surface area contributed by atoms with Crippen LogP contribution in [0.1, 0.15) is 58.5 Å². The molecule has 5 aromatic rings. The van der Waals surface area contributed by atoms with E-state index in [1.807, 2.05) is 61.2 Å². The van der Waals surface area contributed by atoms with E-state index in [0.29, 0.717) is 47.4 Å². The lowest BCUT2D eigenvalue weighted by atomic mass is 9.91. The smallest absolute Gasteiger partial charge is 0.320 e. The Hall–Kier alpha value is -5.21. The van der Waals surface area contributed by atoms with Gasteiger partial charge >= 0.3 is 5.97 Å². The van der Waals surface area contributed by atoms with Crippen LogP contribution in [0.3, 0.4) is 0 Å². The Morgan fingerprint density at radius 3 is 2.46 bits per heavy atom. The molecular formula is C39H37ClN4O6. The Kier molecular flexibility index (Phi) is 10.8. The summed E-state index contributed by atoms with van der Waals surface area (Å²) in [4.78, 5) is 18.3. The number of likely N-dealkylation sites (tertiary alicyclic amines) is 1. The molecule has 0 radical (unpaired) electrons. The summed E-state index contributed by atoms with van der Waals surface area (Å²) in [7, 11) is 0. The van der Waals surface area contributed by atoms with Gasteiger partial charge in [0, 0.05) is 23.7 Å². The van der Waals surface area contributed by atoms with Crippen molar-refractivity contribution in [2.75, 3.05) is 6.54 Å². The molecule has 256 valence electrons. The van der Waals surface area contributed by atoms with E-state index in [1.54, 1.807) is 24.3 Å². The first-order valence-electron chi connectivity index (χ1n) is 16.4. The first kappa shape index (κ1) is 34.6. The molecule has 0 spiro atoms. The van der Waals surface area contributed by atoms with Gasteiger partial charge in [-0.3, -0.25) is 9.69 Å². The molecular weight excluding hydrogens is 656 g/mol. The second-order valence-electron chi connectivity index (χ2n) is 12.3. The van der Waals surface area contributed by atoms with Crippen LogP contribution in [0.4, 0.5) is 0 Å². The average Bonchev–Trinajstić information content (AvgIpc) is 3.61. The number of aliphatic hydroxyl groups excluding tert-OH is 1. The van der Waals surface area contributed by atoms with Gasteiger partial charge in [-0.25, -0.2) is 0 Å². The number of nitrogens with zero attached hydrogens (tertiary/aromatic N) is 4. The third kappa shape index (κ3) is 7.66. The summed E-state index contributed by atoms with van der Waals surface area (Å²) in [5.74, 6) is 0.703. The first-order valence-corrected chi connectivity index (χ1v) is 16.8. The second-order valence-corrected chi connectivity index (χ2v) is 12.7. The standard InChI is InChI=1S/C39H37ClN4O6/c1-24-28(10-6-11-30(24)31-12-7-13-32(25(31)2)38-42-37(21-45)50-43-38)23-49-36-18-35(48-22-27-9-5-8-26(16-27)19-41)29(17-33(36)40)20-44-15-4-3-14-34(44)39(46)47/h5-13,16-18,34,45H,3-4,14-15,20-23H2,1-2H3,(H,46,47)/t34-/m0/s1. The van der Waals surface area contributed by atoms with Crippen molar-refractivity contribution < 1.29 is 29.0 Å². The summed E-state index contributed by atoms with van der Waals surface area (Å²) >= 11 is 6.83. The van der Waals surface area contributed by atoms with Gasteiger partial charge in [0.1, 0.15) is 37.4 Å². The topological polar surface area (TPSA) is 142 Å². The van der Waals surface area contributed by atoms with Crippen LogP contribution in [0.5, 0.6) is 11.5 Å². The maximum Gasteiger partial charge on any atom is 0.320 e. The highest BCUT2D eigenvalue weighted by molar-refractivity contribution is 6.32. The molecule has 1 fully saturated rings. The Labute approximate surface area is 295 Å². The predicted molar refractivity (Wildman–Crippen MR) is 188 cm³/mol. The molecule has 2 heterocycles. The molecule has 50 heavy (non-hydrogen) atoms. The minimum Gasteiger partial charge on any atom is -0.488 e. The number of aromatic nitrogens is 2. The van der Waals surface area contributed by atoms with Gasteiger partial charge in [0.05, 0.1) is 16.7 Å². The fourth-order valence-corrected chi connectivity index (χ4v) is 6.64. The van der Waals surface area contributed by atoms with Crippen LogP contribution in [0.15, 0.2) is 77.3 Å². The van der Waals surface area contributed by atoms with Crippen LogP contribution >= 0.6 is 11.6 Å². The van der Waals surface area contributed by atoms with Crippen LogP contribution < -0.4 is 9.47 Å². The fraction of sp³-hybridized carbons (Fsp3) is 0.282. The van der Waals surface area contributed by atoms with Crippen molar-refractivity contribution in [3.05, 3.63) is 117 Å². The van der Waals surface area contributed by atoms with Crippen molar-refractivity contribution in [1.29, 1.82) is 5.26 Å². The molecule has 0 unspecified atom stereocenters. The highest BCUT2D eigenvalue weighted by Gasteiger charge is 2.29. The second kappa shape index (κ2) is 15.6. The number of carboxylic acid groups (broad SMARTS) is 1. The number of carboxylic acids is 1. The average molecular weight is 693 g/mol. The minimum absolute atomic E-state index is 0.157. The monoisotopic (exact) mass is 692 g/mol. The number of nitriles is 1. The van der Waals surface area contributed by atoms with Crippen molar-refractivity contribution in [2.24, 2.45) is 0 Å². The van der Waals surface area contributed by atoms with Crippen LogP contribution in [0.25, 0.3) is 22.5 Å². The van der Waals surface area contributed by atoms with Gasteiger partial charge in [0.25, 0.3) is 5.89 Å². The predicted octanol–water partition coefficient (Wildman–Crippen LogP) is 7.63. The molecule has 1 saturated heterocycles. The number of piperidine rings is 1. The zero-order chi connectivity index (χ0) is 35.2. The number of aliphatic carboxylic acids is 1. The normalized spacial score (nSPS) is 14.7. The van der Waals surface area contributed by atoms with E-state index >= 15 is 0 Å². The molecule has 10 nitrogen and oxygen atoms in total. The molecule has 6 rings (SSSR count). The van der Waals surface area contributed by atoms with Crippen molar-refractivity contribution in [3.63, 3.8) is 0 Å². The fourth-order valence-electron chi connectivity index (χ4n) is 6.40. The zero-order valence-electron chi connectivity index (χ0n) is 27.9. The number of halogens is 1. The van der Waals surface area contributed by atoms with Gasteiger partial charge in [-0.15, -0.1) is 0 Å². The molecule has 1 aromatic heterocycles. The Morgan fingerprint density at radius 1 is 0.960 bits per heavy atom. The summed E-state index contributed by atoms with van der Waals surface area (Å²) < 4.78 is 17.8. The highest BCUT2D eigenvalue weighted by atomic mass is 35.5. The van der Waals surface area contributed by atoms with Gasteiger partial charge in [-0.2, -0.15) is 10.2 Å². The van der Waals surface area contributed by atoms with Crippen molar-refractivity contribution in [2.45, 2.75) is 65.5 Å². The SMILES string of the molecule is Cc1c(COc2cc(OCc3cccc(C#N)c3)c(CN3CCCC[C@H]3C(=O)O)cc2Cl)cccc1-c1cccc(-c2noc(CO)n2)c1C. The van der Waals surface area contributed by atoms with Gasteiger partial charge in [0.2, 0.25) is 5.82 Å². The van der Waals surface area contributed by atoms with Gasteiger partial charge in [0.15, 0.2) is 0 Å². The summed E-state index contributed by atoms with van der Waals surface area (Å²) in [5, 5.41) is 33.0. The molecule has 0 bridgehead atoms. The van der Waals surface area contributed by atoms with E-state index in [-0.39, 0.29) is 25.7 Å². The lowest BCUT2D eigenvalue weighted by Gasteiger charge is -2.33. The lowest BCUT2D eigenvalue weighted by molar-refractivity contribution is -0.144. The first-order chi connectivity index (χ1) is 24.2. The molecule has 11 heteroatoms. The third-order valence-electron chi connectivity index (χ3n) is 9.13. The molecule has 4 aromatic carbocycles. The summed E-state index contributed by atoms with van der Waals surface area (Å²) in [6, 6.07) is 24.3. The largest absolute Gasteiger partial charge is 0.488 e. The van der Waals surface area contributed by atoms with Crippen molar-refractivity contribution in [3.8, 4) is 40.1 Å². The zero-order valence-corrected chi connectivity index (χ0v) is 28.6. The number of ether oxygens (including phenoxy) is 2. The van der Waals surface area contributed by atoms with Crippen LogP contribution in [-0.4, -0.2) is 43.8 Å². The van der Waals surface area contributed by atoms with Gasteiger partial charge < -0.3 is 24.2 Å². The van der Waals surface area contributed by atoms with Crippen LogP contribution in [-0.2, 0) is 31.2 Å². The Bertz CT molecular complexity index is 2060. The molecule has 1 aliphatic rings. The van der Waals surface area contributed by atoms with E-state index in [9.17, 15) is 20.3 Å². The van der Waals surface area contributed by atoms with E-state index in [4.69, 9.17) is 25.6 Å². The minimum atomic E-state index is -0.836. The summed E-state index contributed by atoms with van der Waals surface area (Å²) in [5.41, 5.74) is 7.93. The lowest BCUT2D eigenvalue weighted by Crippen LogP contribution is -2.44. The van der Waals surface area contributed by atoms with Crippen molar-refractivity contribution in [1.82, 2.24) is 15.0 Å². The highest BCUT2D eigenvalue weighted by Crippen LogP contribution is 2.37. The Morgan fingerprint density at radius 2 is 1.70 bits per heavy atom. The van der Waals surface area contributed by atoms with E-state index in [2.05, 4.69) is 22.3 Å². The van der Waals surface area contributed by atoms with E-state index < -0.39 is 12.0 Å². The van der Waals surface area contributed by atoms with Gasteiger partial charge in [-0.1, -0.05) is 71.7 Å². The van der Waals surface area contributed by atoms with Crippen LogP contribution in [0.2, 0.25) is 5.02 Å². The summed E-state index contributed by atoms with van der Waals surface area (Å²) in [6.45, 7) is 5.18. The van der Waals surface area contributed by atoms with E-state index in [0.717, 1.165) is 57.3 Å². The molecule has 1 aliphatic heterocycles. The number of hydrogen-bond acceptors (Lipinski definition) is 9. The molecule has 1 atom stereocenters. The van der Waals surface area contributed by atoms with Gasteiger partial charge in [-0.05, 0) is 84.8 Å². The molecule has 0 saturated carbocycles. The summed E-state index contributed by atoms with van der Waals surface area (Å²) in [6.07, 6.45) is 2.38. The van der Waals surface area contributed by atoms with E-state index in [1.165, 1.54) is 0 Å². The third-order valence-corrected chi connectivity index (χ3v) is 9.43. The maximum atomic E-state index is 12.0. The molecule has 2 N–H and O–H groups in total. The van der Waals surface area contributed by atoms with Crippen molar-refractivity contribution >= 4 is 17.6 Å². The number of carbonyl (C=O) groups is 1. The molecule has 0 amide bonds.